The lowest BCUT2D eigenvalue weighted by Crippen LogP contribution is -2.64. The van der Waals surface area contributed by atoms with Crippen LogP contribution in [0.3, 0.4) is 0 Å². The van der Waals surface area contributed by atoms with Crippen molar-refractivity contribution < 1.29 is 71.4 Å². The van der Waals surface area contributed by atoms with E-state index in [2.05, 4.69) is 0 Å². The van der Waals surface area contributed by atoms with Gasteiger partial charge in [-0.15, -0.1) is 0 Å². The zero-order chi connectivity index (χ0) is 29.3. The molecule has 0 aliphatic carbocycles. The van der Waals surface area contributed by atoms with E-state index in [1.54, 1.807) is 0 Å². The SMILES string of the molecule is CC(=O)OCC1OC=C[C@H](OC(C)=O)[C@@H]1O[C@@H]1OC(COC(C)=O)[C@H](OC(C)=O)[C@H](OC(C)=O)C1OC(C)=O. The monoisotopic (exact) mass is 560 g/mol. The maximum absolute atomic E-state index is 12.0. The molecule has 39 heavy (non-hydrogen) atoms. The Labute approximate surface area is 223 Å². The Hall–Kier alpha value is -3.72. The summed E-state index contributed by atoms with van der Waals surface area (Å²) in [7, 11) is 0. The zero-order valence-electron chi connectivity index (χ0n) is 22.3. The van der Waals surface area contributed by atoms with Gasteiger partial charge in [0.25, 0.3) is 0 Å². The Kier molecular flexibility index (Phi) is 11.7. The summed E-state index contributed by atoms with van der Waals surface area (Å²) < 4.78 is 49.0. The second-order valence-electron chi connectivity index (χ2n) is 8.55. The van der Waals surface area contributed by atoms with Crippen molar-refractivity contribution in [3.63, 3.8) is 0 Å². The highest BCUT2D eigenvalue weighted by molar-refractivity contribution is 5.69. The van der Waals surface area contributed by atoms with Crippen LogP contribution < -0.4 is 0 Å². The van der Waals surface area contributed by atoms with Crippen molar-refractivity contribution in [3.8, 4) is 0 Å². The molecule has 0 amide bonds. The Balaban J connectivity index is 2.52. The standard InChI is InChI=1S/C24H32O15/c1-11(25)32-9-18-20(17(7-8-31-18)34-13(3)27)39-24-23(37-16(6)30)22(36-15(5)29)21(35-14(4)28)19(38-24)10-33-12(2)26/h7-8,17-24H,9-10H2,1-6H3/t17-,18?,19?,20-,21-,22-,23?,24-/m0/s1. The zero-order valence-corrected chi connectivity index (χ0v) is 22.3. The van der Waals surface area contributed by atoms with E-state index in [0.717, 1.165) is 34.6 Å². The van der Waals surface area contributed by atoms with Crippen LogP contribution >= 0.6 is 0 Å². The van der Waals surface area contributed by atoms with E-state index in [1.807, 2.05) is 0 Å². The first kappa shape index (κ1) is 31.5. The van der Waals surface area contributed by atoms with Crippen LogP contribution in [0, 0.1) is 0 Å². The van der Waals surface area contributed by atoms with Crippen molar-refractivity contribution >= 4 is 35.8 Å². The van der Waals surface area contributed by atoms with E-state index in [-0.39, 0.29) is 6.61 Å². The first-order valence-electron chi connectivity index (χ1n) is 11.9. The molecule has 3 unspecified atom stereocenters. The fourth-order valence-electron chi connectivity index (χ4n) is 3.87. The van der Waals surface area contributed by atoms with Crippen molar-refractivity contribution in [3.05, 3.63) is 12.3 Å². The number of esters is 6. The van der Waals surface area contributed by atoms with Crippen molar-refractivity contribution in [1.82, 2.24) is 0 Å². The van der Waals surface area contributed by atoms with Crippen LogP contribution in [0.4, 0.5) is 0 Å². The summed E-state index contributed by atoms with van der Waals surface area (Å²) >= 11 is 0. The summed E-state index contributed by atoms with van der Waals surface area (Å²) in [5.41, 5.74) is 0. The second kappa shape index (κ2) is 14.4. The van der Waals surface area contributed by atoms with Gasteiger partial charge in [0.05, 0.1) is 6.26 Å². The van der Waals surface area contributed by atoms with Crippen LogP contribution in [0.15, 0.2) is 12.3 Å². The number of carbonyl (C=O) groups excluding carboxylic acids is 6. The number of carbonyl (C=O) groups is 6. The van der Waals surface area contributed by atoms with Gasteiger partial charge in [-0.3, -0.25) is 28.8 Å². The average Bonchev–Trinajstić information content (AvgIpc) is 2.80. The molecule has 1 fully saturated rings. The summed E-state index contributed by atoms with van der Waals surface area (Å²) in [5, 5.41) is 0. The van der Waals surface area contributed by atoms with Gasteiger partial charge in [0.1, 0.15) is 25.4 Å². The minimum absolute atomic E-state index is 0.326. The van der Waals surface area contributed by atoms with Gasteiger partial charge < -0.3 is 42.6 Å². The molecule has 218 valence electrons. The lowest BCUT2D eigenvalue weighted by atomic mass is 9.97. The summed E-state index contributed by atoms with van der Waals surface area (Å²) in [6.45, 7) is 5.92. The molecule has 1 saturated heterocycles. The van der Waals surface area contributed by atoms with Crippen LogP contribution in [0.2, 0.25) is 0 Å². The molecule has 2 heterocycles. The largest absolute Gasteiger partial charge is 0.492 e. The van der Waals surface area contributed by atoms with Crippen molar-refractivity contribution in [2.45, 2.75) is 90.6 Å². The lowest BCUT2D eigenvalue weighted by molar-refractivity contribution is -0.328. The maximum Gasteiger partial charge on any atom is 0.303 e. The third-order valence-electron chi connectivity index (χ3n) is 5.20. The highest BCUT2D eigenvalue weighted by Crippen LogP contribution is 2.32. The van der Waals surface area contributed by atoms with Gasteiger partial charge in [-0.2, -0.15) is 0 Å². The van der Waals surface area contributed by atoms with Crippen LogP contribution in [0.1, 0.15) is 41.5 Å². The molecule has 15 nitrogen and oxygen atoms in total. The first-order chi connectivity index (χ1) is 18.3. The molecule has 0 bridgehead atoms. The van der Waals surface area contributed by atoms with E-state index >= 15 is 0 Å². The van der Waals surface area contributed by atoms with E-state index in [0.29, 0.717) is 0 Å². The van der Waals surface area contributed by atoms with Crippen LogP contribution in [-0.2, 0) is 71.4 Å². The molecular weight excluding hydrogens is 528 g/mol. The van der Waals surface area contributed by atoms with Crippen LogP contribution in [0.25, 0.3) is 0 Å². The Morgan fingerprint density at radius 2 is 1.08 bits per heavy atom. The molecule has 0 saturated carbocycles. The number of hydrogen-bond acceptors (Lipinski definition) is 15. The molecule has 2 rings (SSSR count). The molecule has 15 heteroatoms. The predicted molar refractivity (Wildman–Crippen MR) is 123 cm³/mol. The Morgan fingerprint density at radius 1 is 0.590 bits per heavy atom. The molecular formula is C24H32O15. The fraction of sp³-hybridized carbons (Fsp3) is 0.667. The number of rotatable bonds is 10. The van der Waals surface area contributed by atoms with Gasteiger partial charge in [-0.05, 0) is 6.08 Å². The average molecular weight is 561 g/mol. The molecule has 0 aromatic heterocycles. The van der Waals surface area contributed by atoms with Crippen LogP contribution in [0.5, 0.6) is 0 Å². The quantitative estimate of drug-likeness (QED) is 0.254. The Morgan fingerprint density at radius 3 is 1.59 bits per heavy atom. The number of ether oxygens (including phenoxy) is 9. The van der Waals surface area contributed by atoms with E-state index < -0.39 is 91.4 Å². The fourth-order valence-corrected chi connectivity index (χ4v) is 3.87. The normalized spacial score (nSPS) is 29.7. The minimum Gasteiger partial charge on any atom is -0.492 e. The molecule has 0 N–H and O–H groups in total. The molecule has 2 aliphatic heterocycles. The Bertz CT molecular complexity index is 959. The van der Waals surface area contributed by atoms with Gasteiger partial charge in [0.2, 0.25) is 0 Å². The van der Waals surface area contributed by atoms with E-state index in [4.69, 9.17) is 42.6 Å². The molecule has 8 atom stereocenters. The summed E-state index contributed by atoms with van der Waals surface area (Å²) in [6.07, 6.45) is -7.97. The van der Waals surface area contributed by atoms with Gasteiger partial charge in [-0.1, -0.05) is 0 Å². The van der Waals surface area contributed by atoms with Crippen molar-refractivity contribution in [2.24, 2.45) is 0 Å². The van der Waals surface area contributed by atoms with Crippen molar-refractivity contribution in [1.29, 1.82) is 0 Å². The van der Waals surface area contributed by atoms with Gasteiger partial charge in [-0.25, -0.2) is 0 Å². The molecule has 0 aromatic carbocycles. The highest BCUT2D eigenvalue weighted by atomic mass is 16.7. The smallest absolute Gasteiger partial charge is 0.303 e. The topological polar surface area (TPSA) is 185 Å². The van der Waals surface area contributed by atoms with Gasteiger partial charge in [0.15, 0.2) is 36.8 Å². The second-order valence-corrected chi connectivity index (χ2v) is 8.55. The third-order valence-corrected chi connectivity index (χ3v) is 5.20. The molecule has 0 spiro atoms. The minimum atomic E-state index is -1.58. The van der Waals surface area contributed by atoms with E-state index in [9.17, 15) is 28.8 Å². The van der Waals surface area contributed by atoms with Gasteiger partial charge >= 0.3 is 35.8 Å². The maximum atomic E-state index is 12.0. The summed E-state index contributed by atoms with van der Waals surface area (Å²) in [4.78, 5) is 70.6. The molecule has 2 aliphatic rings. The third kappa shape index (κ3) is 9.83. The lowest BCUT2D eigenvalue weighted by Gasteiger charge is -2.46. The first-order valence-corrected chi connectivity index (χ1v) is 11.9. The molecule has 0 aromatic rings. The summed E-state index contributed by atoms with van der Waals surface area (Å²) in [6, 6.07) is 0. The highest BCUT2D eigenvalue weighted by Gasteiger charge is 2.54. The molecule has 0 radical (unpaired) electrons. The van der Waals surface area contributed by atoms with E-state index in [1.165, 1.54) is 19.3 Å². The number of hydrogen-bond donors (Lipinski definition) is 0. The summed E-state index contributed by atoms with van der Waals surface area (Å²) in [5.74, 6) is -4.43. The van der Waals surface area contributed by atoms with Gasteiger partial charge in [0, 0.05) is 41.5 Å². The predicted octanol–water partition coefficient (Wildman–Crippen LogP) is -0.138. The van der Waals surface area contributed by atoms with Crippen LogP contribution in [-0.4, -0.2) is 98.0 Å². The van der Waals surface area contributed by atoms with Crippen molar-refractivity contribution in [2.75, 3.05) is 13.2 Å².